The number of carbonyl (C=O) groups is 1. The van der Waals surface area contributed by atoms with Crippen LogP contribution in [-0.4, -0.2) is 17.9 Å². The number of nitrogens with zero attached hydrogens (tertiary/aromatic N) is 1. The van der Waals surface area contributed by atoms with E-state index in [-0.39, 0.29) is 5.84 Å². The van der Waals surface area contributed by atoms with Gasteiger partial charge in [-0.25, -0.2) is 4.79 Å². The van der Waals surface area contributed by atoms with E-state index in [0.29, 0.717) is 17.2 Å². The summed E-state index contributed by atoms with van der Waals surface area (Å²) in [5.74, 6) is 0.0326. The molecule has 0 saturated carbocycles. The van der Waals surface area contributed by atoms with Gasteiger partial charge in [0.25, 0.3) is 0 Å². The summed E-state index contributed by atoms with van der Waals surface area (Å²) in [5.41, 5.74) is 6.94. The summed E-state index contributed by atoms with van der Waals surface area (Å²) in [6, 6.07) is 20.7. The normalized spacial score (nSPS) is 12.6. The molecule has 0 radical (unpaired) electrons. The third-order valence-electron chi connectivity index (χ3n) is 3.95. The minimum absolute atomic E-state index is 0.203. The largest absolute Gasteiger partial charge is 0.479 e. The van der Waals surface area contributed by atoms with Crippen LogP contribution in [0.15, 0.2) is 71.9 Å². The van der Waals surface area contributed by atoms with Crippen molar-refractivity contribution in [2.24, 2.45) is 10.9 Å². The summed E-state index contributed by atoms with van der Waals surface area (Å²) in [4.78, 5) is 17.0. The zero-order valence-electron chi connectivity index (χ0n) is 14.8. The minimum atomic E-state index is -0.849. The first kappa shape index (κ1) is 18.7. The maximum absolute atomic E-state index is 12.1. The molecule has 5 nitrogen and oxygen atoms in total. The first-order valence-electron chi connectivity index (χ1n) is 8.45. The molecular formula is C21H19ClN2O3. The topological polar surface area (TPSA) is 73.9 Å². The van der Waals surface area contributed by atoms with Crippen molar-refractivity contribution in [3.05, 3.63) is 77.3 Å². The summed E-state index contributed by atoms with van der Waals surface area (Å²) in [7, 11) is 0. The number of hydrogen-bond acceptors (Lipinski definition) is 4. The van der Waals surface area contributed by atoms with Crippen LogP contribution in [0.4, 0.5) is 0 Å². The lowest BCUT2D eigenvalue weighted by molar-refractivity contribution is -0.151. The van der Waals surface area contributed by atoms with E-state index in [2.05, 4.69) is 5.16 Å². The highest BCUT2D eigenvalue weighted by Gasteiger charge is 2.17. The molecule has 1 atom stereocenters. The Balaban J connectivity index is 1.61. The number of fused-ring (bicyclic) bond motifs is 1. The molecule has 0 aliphatic heterocycles. The van der Waals surface area contributed by atoms with E-state index in [9.17, 15) is 4.79 Å². The molecule has 0 bridgehead atoms. The summed E-state index contributed by atoms with van der Waals surface area (Å²) < 4.78 is 5.50. The van der Waals surface area contributed by atoms with Crippen molar-refractivity contribution in [1.29, 1.82) is 0 Å². The first-order chi connectivity index (χ1) is 13.0. The van der Waals surface area contributed by atoms with Gasteiger partial charge in [0.05, 0.1) is 0 Å². The quantitative estimate of drug-likeness (QED) is 0.298. The lowest BCUT2D eigenvalue weighted by atomic mass is 10.0. The van der Waals surface area contributed by atoms with Gasteiger partial charge in [-0.15, -0.1) is 0 Å². The number of carbonyl (C=O) groups excluding carboxylic acids is 1. The Morgan fingerprint density at radius 3 is 2.67 bits per heavy atom. The Kier molecular flexibility index (Phi) is 5.94. The Labute approximate surface area is 162 Å². The lowest BCUT2D eigenvalue weighted by Gasteiger charge is -2.12. The number of halogens is 1. The maximum Gasteiger partial charge on any atom is 0.374 e. The van der Waals surface area contributed by atoms with Crippen LogP contribution in [0.1, 0.15) is 12.5 Å². The minimum Gasteiger partial charge on any atom is -0.479 e. The second-order valence-electron chi connectivity index (χ2n) is 6.03. The summed E-state index contributed by atoms with van der Waals surface area (Å²) in [6.45, 7) is 1.57. The molecule has 0 amide bonds. The van der Waals surface area contributed by atoms with E-state index in [1.165, 1.54) is 0 Å². The highest BCUT2D eigenvalue weighted by Crippen LogP contribution is 2.20. The molecule has 0 spiro atoms. The van der Waals surface area contributed by atoms with Gasteiger partial charge >= 0.3 is 5.97 Å². The maximum atomic E-state index is 12.1. The number of hydrogen-bond donors (Lipinski definition) is 1. The molecule has 0 aromatic heterocycles. The van der Waals surface area contributed by atoms with E-state index in [0.717, 1.165) is 16.3 Å². The fraction of sp³-hybridized carbons (Fsp3) is 0.143. The van der Waals surface area contributed by atoms with Crippen LogP contribution < -0.4 is 10.5 Å². The van der Waals surface area contributed by atoms with Crippen LogP contribution in [-0.2, 0) is 16.1 Å². The van der Waals surface area contributed by atoms with Gasteiger partial charge in [-0.2, -0.15) is 0 Å². The third kappa shape index (κ3) is 4.99. The molecule has 0 aliphatic rings. The van der Waals surface area contributed by atoms with Crippen LogP contribution in [0.5, 0.6) is 5.75 Å². The van der Waals surface area contributed by atoms with Crippen LogP contribution in [0, 0.1) is 0 Å². The van der Waals surface area contributed by atoms with Crippen molar-refractivity contribution >= 4 is 34.2 Å². The van der Waals surface area contributed by atoms with Gasteiger partial charge in [-0.1, -0.05) is 65.3 Å². The average molecular weight is 383 g/mol. The molecule has 3 aromatic rings. The Morgan fingerprint density at radius 2 is 1.85 bits per heavy atom. The molecule has 2 N–H and O–H groups in total. The Morgan fingerprint density at radius 1 is 1.11 bits per heavy atom. The highest BCUT2D eigenvalue weighted by molar-refractivity contribution is 6.30. The smallest absolute Gasteiger partial charge is 0.374 e. The molecule has 6 heteroatoms. The van der Waals surface area contributed by atoms with Gasteiger partial charge in [0, 0.05) is 11.4 Å². The van der Waals surface area contributed by atoms with Crippen molar-refractivity contribution in [2.75, 3.05) is 0 Å². The molecule has 27 heavy (non-hydrogen) atoms. The Hall–Kier alpha value is -3.05. The van der Waals surface area contributed by atoms with Gasteiger partial charge in [0.15, 0.2) is 6.10 Å². The van der Waals surface area contributed by atoms with E-state index in [4.69, 9.17) is 26.9 Å². The first-order valence-corrected chi connectivity index (χ1v) is 8.83. The van der Waals surface area contributed by atoms with Gasteiger partial charge in [-0.05, 0) is 41.5 Å². The van der Waals surface area contributed by atoms with Crippen LogP contribution in [0.2, 0.25) is 5.02 Å². The molecule has 3 aromatic carbocycles. The van der Waals surface area contributed by atoms with Gasteiger partial charge in [0.1, 0.15) is 11.6 Å². The molecular weight excluding hydrogens is 364 g/mol. The van der Waals surface area contributed by atoms with Crippen LogP contribution in [0.3, 0.4) is 0 Å². The molecule has 3 rings (SSSR count). The average Bonchev–Trinajstić information content (AvgIpc) is 2.66. The fourth-order valence-electron chi connectivity index (χ4n) is 2.64. The fourth-order valence-corrected chi connectivity index (χ4v) is 2.82. The van der Waals surface area contributed by atoms with Crippen LogP contribution >= 0.6 is 11.6 Å². The number of amidine groups is 1. The molecule has 0 fully saturated rings. The second-order valence-corrected chi connectivity index (χ2v) is 6.46. The summed E-state index contributed by atoms with van der Waals surface area (Å²) in [5, 5.41) is 6.46. The molecule has 0 saturated heterocycles. The number of rotatable bonds is 6. The standard InChI is InChI=1S/C21H19ClN2O3/c1-14(26-18-10-5-9-17(22)13-18)21(25)27-24-20(23)12-16-8-4-7-15-6-2-3-11-19(15)16/h2-11,13-14H,12H2,1H3,(H2,23,24)/t14-/m1/s1. The van der Waals surface area contributed by atoms with Gasteiger partial charge in [-0.3, -0.25) is 0 Å². The van der Waals surface area contributed by atoms with Crippen molar-refractivity contribution in [3.63, 3.8) is 0 Å². The van der Waals surface area contributed by atoms with Gasteiger partial charge in [0.2, 0.25) is 0 Å². The third-order valence-corrected chi connectivity index (χ3v) is 4.18. The predicted molar refractivity (Wildman–Crippen MR) is 107 cm³/mol. The SMILES string of the molecule is C[C@@H](Oc1cccc(Cl)c1)C(=O)O/N=C(/N)Cc1cccc2ccccc12. The monoisotopic (exact) mass is 382 g/mol. The second kappa shape index (κ2) is 8.56. The number of ether oxygens (including phenoxy) is 1. The zero-order chi connectivity index (χ0) is 19.2. The van der Waals surface area contributed by atoms with E-state index >= 15 is 0 Å². The van der Waals surface area contributed by atoms with E-state index < -0.39 is 12.1 Å². The van der Waals surface area contributed by atoms with Crippen molar-refractivity contribution in [2.45, 2.75) is 19.4 Å². The highest BCUT2D eigenvalue weighted by atomic mass is 35.5. The van der Waals surface area contributed by atoms with Crippen molar-refractivity contribution in [1.82, 2.24) is 0 Å². The van der Waals surface area contributed by atoms with Crippen LogP contribution in [0.25, 0.3) is 10.8 Å². The number of oxime groups is 1. The number of nitrogens with two attached hydrogens (primary N) is 1. The molecule has 0 heterocycles. The van der Waals surface area contributed by atoms with E-state index in [1.54, 1.807) is 31.2 Å². The molecule has 0 aliphatic carbocycles. The predicted octanol–water partition coefficient (Wildman–Crippen LogP) is 4.32. The lowest BCUT2D eigenvalue weighted by Crippen LogP contribution is -2.26. The molecule has 0 unspecified atom stereocenters. The Bertz CT molecular complexity index is 983. The summed E-state index contributed by atoms with van der Waals surface area (Å²) >= 11 is 5.89. The van der Waals surface area contributed by atoms with Crippen molar-refractivity contribution in [3.8, 4) is 5.75 Å². The number of benzene rings is 3. The zero-order valence-corrected chi connectivity index (χ0v) is 15.5. The van der Waals surface area contributed by atoms with Gasteiger partial charge < -0.3 is 15.3 Å². The van der Waals surface area contributed by atoms with E-state index in [1.807, 2.05) is 42.5 Å². The summed E-state index contributed by atoms with van der Waals surface area (Å²) in [6.07, 6.45) is -0.476. The van der Waals surface area contributed by atoms with Crippen molar-refractivity contribution < 1.29 is 14.4 Å². The molecule has 138 valence electrons.